The predicted molar refractivity (Wildman–Crippen MR) is 60.2 cm³/mol. The normalized spacial score (nSPS) is 12.1. The van der Waals surface area contributed by atoms with E-state index in [1.54, 1.807) is 0 Å². The fraction of sp³-hybridized carbons (Fsp3) is 0.444. The van der Waals surface area contributed by atoms with Crippen molar-refractivity contribution in [2.45, 2.75) is 19.6 Å². The van der Waals surface area contributed by atoms with E-state index in [0.29, 0.717) is 11.8 Å². The fourth-order valence-electron chi connectivity index (χ4n) is 0.902. The number of hydrogen-bond donors (Lipinski definition) is 2. The smallest absolute Gasteiger partial charge is 0.480 e. The van der Waals surface area contributed by atoms with Crippen LogP contribution in [0.5, 0.6) is 0 Å². The zero-order chi connectivity index (χ0) is 13.7. The van der Waals surface area contributed by atoms with Crippen molar-refractivity contribution in [1.29, 1.82) is 0 Å². The lowest BCUT2D eigenvalue weighted by Crippen LogP contribution is -2.32. The van der Waals surface area contributed by atoms with Crippen LogP contribution in [0.25, 0.3) is 0 Å². The molecular formula is C9H11NO7S. The number of thioether (sulfide) groups is 1. The molecular weight excluding hydrogens is 266 g/mol. The summed E-state index contributed by atoms with van der Waals surface area (Å²) in [5.74, 6) is -1.86. The summed E-state index contributed by atoms with van der Waals surface area (Å²) in [7, 11) is 0. The summed E-state index contributed by atoms with van der Waals surface area (Å²) < 4.78 is 13.9. The Morgan fingerprint density at radius 1 is 1.50 bits per heavy atom. The molecule has 0 radical (unpaired) electrons. The van der Waals surface area contributed by atoms with Crippen LogP contribution < -0.4 is 11.6 Å². The third-order valence-electron chi connectivity index (χ3n) is 1.85. The minimum atomic E-state index is -1.20. The van der Waals surface area contributed by atoms with E-state index >= 15 is 0 Å². The first-order chi connectivity index (χ1) is 8.40. The molecule has 3 N–H and O–H groups in total. The van der Waals surface area contributed by atoms with Crippen LogP contribution in [0.2, 0.25) is 0 Å². The minimum absolute atomic E-state index is 0.108. The maximum atomic E-state index is 11.2. The Morgan fingerprint density at radius 3 is 2.67 bits per heavy atom. The molecule has 0 fully saturated rings. The van der Waals surface area contributed by atoms with Gasteiger partial charge in [0.2, 0.25) is 0 Å². The van der Waals surface area contributed by atoms with Gasteiger partial charge in [0.1, 0.15) is 6.04 Å². The number of carboxylic acid groups (broad SMARTS) is 1. The highest BCUT2D eigenvalue weighted by Gasteiger charge is 2.16. The van der Waals surface area contributed by atoms with Gasteiger partial charge in [0.15, 0.2) is 18.1 Å². The molecule has 1 unspecified atom stereocenters. The van der Waals surface area contributed by atoms with Crippen LogP contribution in [0.15, 0.2) is 13.6 Å². The number of aliphatic carboxylic acids is 1. The summed E-state index contributed by atoms with van der Waals surface area (Å²) in [6.45, 7) is 1.23. The monoisotopic (exact) mass is 277 g/mol. The van der Waals surface area contributed by atoms with Crippen LogP contribution in [0.1, 0.15) is 11.5 Å². The maximum Gasteiger partial charge on any atom is 0.519 e. The molecule has 9 heteroatoms. The van der Waals surface area contributed by atoms with E-state index in [0.717, 1.165) is 0 Å². The minimum Gasteiger partial charge on any atom is -0.480 e. The molecule has 0 saturated carbocycles. The van der Waals surface area contributed by atoms with Gasteiger partial charge < -0.3 is 24.4 Å². The van der Waals surface area contributed by atoms with E-state index in [2.05, 4.69) is 8.83 Å². The van der Waals surface area contributed by atoms with Gasteiger partial charge in [0.05, 0.1) is 0 Å². The molecule has 1 aromatic heterocycles. The molecule has 1 atom stereocenters. The quantitative estimate of drug-likeness (QED) is 0.730. The van der Waals surface area contributed by atoms with Crippen molar-refractivity contribution in [3.05, 3.63) is 22.1 Å². The average Bonchev–Trinajstić information content (AvgIpc) is 2.61. The first-order valence-electron chi connectivity index (χ1n) is 4.77. The summed E-state index contributed by atoms with van der Waals surface area (Å²) in [5.41, 5.74) is 5.20. The van der Waals surface area contributed by atoms with Crippen molar-refractivity contribution in [2.24, 2.45) is 5.73 Å². The number of carboxylic acids is 1. The zero-order valence-corrected chi connectivity index (χ0v) is 10.2. The van der Waals surface area contributed by atoms with Gasteiger partial charge in [-0.2, -0.15) is 0 Å². The van der Waals surface area contributed by atoms with E-state index in [1.807, 2.05) is 0 Å². The van der Waals surface area contributed by atoms with Crippen LogP contribution in [0, 0.1) is 6.92 Å². The molecule has 8 nitrogen and oxygen atoms in total. The van der Waals surface area contributed by atoms with Gasteiger partial charge in [-0.1, -0.05) is 0 Å². The Kier molecular flexibility index (Phi) is 4.98. The van der Waals surface area contributed by atoms with Crippen LogP contribution in [-0.4, -0.2) is 28.2 Å². The van der Waals surface area contributed by atoms with Crippen molar-refractivity contribution in [3.63, 3.8) is 0 Å². The molecule has 0 aliphatic carbocycles. The largest absolute Gasteiger partial charge is 0.519 e. The van der Waals surface area contributed by atoms with Gasteiger partial charge in [0, 0.05) is 5.75 Å². The fourth-order valence-corrected chi connectivity index (χ4v) is 1.50. The number of aryl methyl sites for hydroxylation is 1. The Bertz CT molecular complexity index is 491. The standard InChI is InChI=1S/C9H11NO7S/c1-4-6(17-8(13)16-4)2-15-9(14)18-3-5(10)7(11)12/h5H,2-3,10H2,1H3,(H,11,12). The topological polar surface area (TPSA) is 133 Å². The van der Waals surface area contributed by atoms with Crippen LogP contribution in [0.3, 0.4) is 0 Å². The molecule has 0 saturated heterocycles. The van der Waals surface area contributed by atoms with E-state index in [1.165, 1.54) is 6.92 Å². The van der Waals surface area contributed by atoms with E-state index in [4.69, 9.17) is 15.6 Å². The summed E-state index contributed by atoms with van der Waals surface area (Å²) in [5, 5.41) is 7.78. The Hall–Kier alpha value is -1.74. The second-order valence-electron chi connectivity index (χ2n) is 3.23. The zero-order valence-electron chi connectivity index (χ0n) is 9.37. The summed E-state index contributed by atoms with van der Waals surface area (Å²) in [6.07, 6.45) is 0. The van der Waals surface area contributed by atoms with Gasteiger partial charge in [-0.25, -0.2) is 9.59 Å². The first kappa shape index (κ1) is 14.3. The number of hydrogen-bond acceptors (Lipinski definition) is 8. The van der Waals surface area contributed by atoms with Gasteiger partial charge in [-0.3, -0.25) is 4.79 Å². The lowest BCUT2D eigenvalue weighted by molar-refractivity contribution is -0.137. The third-order valence-corrected chi connectivity index (χ3v) is 2.73. The van der Waals surface area contributed by atoms with Gasteiger partial charge in [-0.05, 0) is 18.7 Å². The molecule has 1 aromatic rings. The molecule has 0 bridgehead atoms. The number of ether oxygens (including phenoxy) is 1. The molecule has 0 aromatic carbocycles. The maximum absolute atomic E-state index is 11.2. The molecule has 1 heterocycles. The molecule has 18 heavy (non-hydrogen) atoms. The van der Waals surface area contributed by atoms with E-state index in [-0.39, 0.29) is 23.9 Å². The van der Waals surface area contributed by atoms with E-state index in [9.17, 15) is 14.4 Å². The van der Waals surface area contributed by atoms with Crippen LogP contribution in [-0.2, 0) is 16.1 Å². The Balaban J connectivity index is 2.36. The van der Waals surface area contributed by atoms with Gasteiger partial charge in [0.25, 0.3) is 0 Å². The number of carbonyl (C=O) groups is 2. The van der Waals surface area contributed by atoms with Crippen molar-refractivity contribution in [1.82, 2.24) is 0 Å². The lowest BCUT2D eigenvalue weighted by Gasteiger charge is -2.05. The number of nitrogens with two attached hydrogens (primary N) is 1. The SMILES string of the molecule is Cc1oc(=O)oc1COC(=O)SCC(N)C(=O)O. The highest BCUT2D eigenvalue weighted by atomic mass is 32.2. The van der Waals surface area contributed by atoms with Crippen LogP contribution >= 0.6 is 11.8 Å². The molecule has 100 valence electrons. The lowest BCUT2D eigenvalue weighted by atomic mass is 10.4. The van der Waals surface area contributed by atoms with Gasteiger partial charge >= 0.3 is 17.1 Å². The third kappa shape index (κ3) is 4.26. The Labute approximate surface area is 105 Å². The number of carbonyl (C=O) groups excluding carboxylic acids is 1. The second-order valence-corrected chi connectivity index (χ2v) is 4.18. The molecule has 1 rings (SSSR count). The average molecular weight is 277 g/mol. The summed E-state index contributed by atoms with van der Waals surface area (Å²) in [6, 6.07) is -1.14. The van der Waals surface area contributed by atoms with Crippen molar-refractivity contribution in [3.8, 4) is 0 Å². The molecule has 0 spiro atoms. The predicted octanol–water partition coefficient (Wildman–Crippen LogP) is 0.323. The Morgan fingerprint density at radius 2 is 2.17 bits per heavy atom. The van der Waals surface area contributed by atoms with Crippen molar-refractivity contribution < 1.29 is 28.3 Å². The highest BCUT2D eigenvalue weighted by molar-refractivity contribution is 8.13. The van der Waals surface area contributed by atoms with E-state index < -0.39 is 23.1 Å². The number of rotatable bonds is 5. The molecule has 0 aliphatic rings. The molecule has 0 amide bonds. The summed E-state index contributed by atoms with van der Waals surface area (Å²) >= 11 is 0.627. The highest BCUT2D eigenvalue weighted by Crippen LogP contribution is 2.11. The van der Waals surface area contributed by atoms with Crippen molar-refractivity contribution in [2.75, 3.05) is 5.75 Å². The van der Waals surface area contributed by atoms with Gasteiger partial charge in [-0.15, -0.1) is 0 Å². The van der Waals surface area contributed by atoms with Crippen molar-refractivity contribution >= 4 is 23.0 Å². The summed E-state index contributed by atoms with van der Waals surface area (Å²) in [4.78, 5) is 32.3. The second kappa shape index (κ2) is 6.26. The van der Waals surface area contributed by atoms with Crippen LogP contribution in [0.4, 0.5) is 4.79 Å². The first-order valence-corrected chi connectivity index (χ1v) is 5.76. The molecule has 0 aliphatic heterocycles.